The molecule has 9 heavy (non-hydrogen) atoms. The molecule has 0 rings (SSSR count). The topological polar surface area (TPSA) is 52.0 Å². The lowest BCUT2D eigenvalue weighted by Gasteiger charge is -2.04. The summed E-state index contributed by atoms with van der Waals surface area (Å²) in [7, 11) is 0. The molecule has 2 nitrogen and oxygen atoms in total. The van der Waals surface area contributed by atoms with Gasteiger partial charge in [-0.05, 0) is 6.42 Å². The Bertz CT molecular complexity index is 50.3. The maximum absolute atomic E-state index is 5.53. The second-order valence-electron chi connectivity index (χ2n) is 2.14. The molecule has 0 amide bonds. The molecule has 0 aromatic carbocycles. The van der Waals surface area contributed by atoms with Crippen molar-refractivity contribution in [1.29, 1.82) is 0 Å². The van der Waals surface area contributed by atoms with E-state index < -0.39 is 0 Å². The van der Waals surface area contributed by atoms with E-state index >= 15 is 0 Å². The molecule has 3 heteroatoms. The summed E-state index contributed by atoms with van der Waals surface area (Å²) in [6.07, 6.45) is 3.50. The Labute approximate surface area is 63.4 Å². The number of unbranched alkanes of at least 4 members (excludes halogenated alkanes) is 1. The quantitative estimate of drug-likeness (QED) is 0.629. The third kappa shape index (κ3) is 8.21. The highest BCUT2D eigenvalue weighted by Crippen LogP contribution is 1.95. The molecule has 58 valence electrons. The van der Waals surface area contributed by atoms with Gasteiger partial charge < -0.3 is 11.5 Å². The maximum Gasteiger partial charge on any atom is 0.0163 e. The van der Waals surface area contributed by atoms with Crippen LogP contribution in [-0.4, -0.2) is 12.6 Å². The van der Waals surface area contributed by atoms with Crippen LogP contribution in [-0.2, 0) is 0 Å². The molecule has 0 saturated heterocycles. The Hall–Kier alpha value is 0.210. The van der Waals surface area contributed by atoms with Gasteiger partial charge >= 0.3 is 0 Å². The van der Waals surface area contributed by atoms with Crippen LogP contribution in [0.3, 0.4) is 0 Å². The van der Waals surface area contributed by atoms with Crippen molar-refractivity contribution in [2.75, 3.05) is 6.54 Å². The van der Waals surface area contributed by atoms with Crippen molar-refractivity contribution in [1.82, 2.24) is 0 Å². The lowest BCUT2D eigenvalue weighted by molar-refractivity contribution is 0.584. The van der Waals surface area contributed by atoms with Gasteiger partial charge in [0, 0.05) is 12.6 Å². The van der Waals surface area contributed by atoms with Gasteiger partial charge in [-0.2, -0.15) is 0 Å². The van der Waals surface area contributed by atoms with Gasteiger partial charge in [-0.25, -0.2) is 0 Å². The van der Waals surface area contributed by atoms with Crippen molar-refractivity contribution in [3.63, 3.8) is 0 Å². The summed E-state index contributed by atoms with van der Waals surface area (Å²) < 4.78 is 0. The molecule has 0 fully saturated rings. The number of halogens is 1. The maximum atomic E-state index is 5.53. The third-order valence-electron chi connectivity index (χ3n) is 1.23. The molecule has 1 atom stereocenters. The summed E-state index contributed by atoms with van der Waals surface area (Å²) in [5.74, 6) is 0. The summed E-state index contributed by atoms with van der Waals surface area (Å²) in [5, 5.41) is 0. The summed E-state index contributed by atoms with van der Waals surface area (Å²) in [4.78, 5) is 0. The van der Waals surface area contributed by atoms with E-state index in [0.717, 1.165) is 6.42 Å². The highest BCUT2D eigenvalue weighted by molar-refractivity contribution is 5.85. The van der Waals surface area contributed by atoms with Gasteiger partial charge in [0.2, 0.25) is 0 Å². The zero-order valence-corrected chi connectivity index (χ0v) is 6.79. The van der Waals surface area contributed by atoms with Gasteiger partial charge in [-0.15, -0.1) is 12.4 Å². The molecule has 0 aromatic heterocycles. The fourth-order valence-electron chi connectivity index (χ4n) is 0.584. The summed E-state index contributed by atoms with van der Waals surface area (Å²) >= 11 is 0. The average Bonchev–Trinajstić information content (AvgIpc) is 1.83. The molecule has 4 N–H and O–H groups in total. The van der Waals surface area contributed by atoms with Crippen molar-refractivity contribution in [3.8, 4) is 0 Å². The van der Waals surface area contributed by atoms with Crippen LogP contribution in [0, 0.1) is 0 Å². The molecule has 0 radical (unpaired) electrons. The number of rotatable bonds is 4. The number of hydrogen-bond donors (Lipinski definition) is 2. The van der Waals surface area contributed by atoms with E-state index in [1.165, 1.54) is 12.8 Å². The Morgan fingerprint density at radius 3 is 2.33 bits per heavy atom. The standard InChI is InChI=1S/C6H16N2.ClH/c1-2-3-4-6(8)5-7;/h6H,2-5,7-8H2,1H3;1H/t6-;/m0./s1. The number of nitrogens with two attached hydrogens (primary N) is 2. The lowest BCUT2D eigenvalue weighted by Crippen LogP contribution is -2.29. The normalized spacial score (nSPS) is 12.3. The second-order valence-corrected chi connectivity index (χ2v) is 2.14. The molecule has 0 bridgehead atoms. The highest BCUT2D eigenvalue weighted by Gasteiger charge is 1.95. The molecule has 0 heterocycles. The van der Waals surface area contributed by atoms with Crippen LogP contribution in [0.1, 0.15) is 26.2 Å². The van der Waals surface area contributed by atoms with Gasteiger partial charge in [0.1, 0.15) is 0 Å². The van der Waals surface area contributed by atoms with E-state index in [2.05, 4.69) is 6.92 Å². The van der Waals surface area contributed by atoms with Crippen molar-refractivity contribution in [2.24, 2.45) is 11.5 Å². The highest BCUT2D eigenvalue weighted by atomic mass is 35.5. The van der Waals surface area contributed by atoms with Gasteiger partial charge in [-0.1, -0.05) is 19.8 Å². The first-order chi connectivity index (χ1) is 3.81. The molecule has 0 aliphatic heterocycles. The largest absolute Gasteiger partial charge is 0.329 e. The minimum Gasteiger partial charge on any atom is -0.329 e. The minimum absolute atomic E-state index is 0. The van der Waals surface area contributed by atoms with E-state index in [0.29, 0.717) is 6.54 Å². The fraction of sp³-hybridized carbons (Fsp3) is 1.00. The van der Waals surface area contributed by atoms with Gasteiger partial charge in [0.05, 0.1) is 0 Å². The first-order valence-electron chi connectivity index (χ1n) is 3.27. The summed E-state index contributed by atoms with van der Waals surface area (Å²) in [6.45, 7) is 2.78. The fourth-order valence-corrected chi connectivity index (χ4v) is 0.584. The zero-order chi connectivity index (χ0) is 6.41. The van der Waals surface area contributed by atoms with E-state index in [4.69, 9.17) is 11.5 Å². The smallest absolute Gasteiger partial charge is 0.0163 e. The zero-order valence-electron chi connectivity index (χ0n) is 5.97. The average molecular weight is 153 g/mol. The first kappa shape index (κ1) is 11.9. The summed E-state index contributed by atoms with van der Waals surface area (Å²) in [5.41, 5.74) is 10.8. The SMILES string of the molecule is CCCC[C@H](N)CN.Cl. The van der Waals surface area contributed by atoms with E-state index in [9.17, 15) is 0 Å². The third-order valence-corrected chi connectivity index (χ3v) is 1.23. The Morgan fingerprint density at radius 1 is 1.44 bits per heavy atom. The second kappa shape index (κ2) is 8.21. The predicted octanol–water partition coefficient (Wildman–Crippen LogP) is 0.884. The van der Waals surface area contributed by atoms with Crippen molar-refractivity contribution in [3.05, 3.63) is 0 Å². The summed E-state index contributed by atoms with van der Waals surface area (Å²) in [6, 6.07) is 0.231. The Morgan fingerprint density at radius 2 is 2.00 bits per heavy atom. The van der Waals surface area contributed by atoms with Gasteiger partial charge in [0.25, 0.3) is 0 Å². The first-order valence-corrected chi connectivity index (χ1v) is 3.27. The van der Waals surface area contributed by atoms with Crippen LogP contribution < -0.4 is 11.5 Å². The van der Waals surface area contributed by atoms with Crippen molar-refractivity contribution >= 4 is 12.4 Å². The minimum atomic E-state index is 0. The van der Waals surface area contributed by atoms with Crippen LogP contribution in [0.2, 0.25) is 0 Å². The van der Waals surface area contributed by atoms with Gasteiger partial charge in [0.15, 0.2) is 0 Å². The Balaban J connectivity index is 0. The van der Waals surface area contributed by atoms with E-state index in [1.807, 2.05) is 0 Å². The van der Waals surface area contributed by atoms with Crippen LogP contribution in [0.4, 0.5) is 0 Å². The van der Waals surface area contributed by atoms with Crippen LogP contribution >= 0.6 is 12.4 Å². The van der Waals surface area contributed by atoms with E-state index in [1.54, 1.807) is 0 Å². The molecule has 0 aromatic rings. The molecule has 0 spiro atoms. The van der Waals surface area contributed by atoms with Crippen LogP contribution in [0.25, 0.3) is 0 Å². The van der Waals surface area contributed by atoms with Crippen molar-refractivity contribution < 1.29 is 0 Å². The molecule has 0 saturated carbocycles. The molecule has 0 aliphatic rings. The van der Waals surface area contributed by atoms with Crippen molar-refractivity contribution in [2.45, 2.75) is 32.2 Å². The molecule has 0 aliphatic carbocycles. The van der Waals surface area contributed by atoms with Gasteiger partial charge in [-0.3, -0.25) is 0 Å². The van der Waals surface area contributed by atoms with Crippen LogP contribution in [0.5, 0.6) is 0 Å². The molecular formula is C6H17ClN2. The Kier molecular flexibility index (Phi) is 10.9. The molecular weight excluding hydrogens is 136 g/mol. The van der Waals surface area contributed by atoms with E-state index in [-0.39, 0.29) is 18.4 Å². The lowest BCUT2D eigenvalue weighted by atomic mass is 10.1. The predicted molar refractivity (Wildman–Crippen MR) is 43.8 cm³/mol. The number of hydrogen-bond acceptors (Lipinski definition) is 2. The molecule has 0 unspecified atom stereocenters. The monoisotopic (exact) mass is 152 g/mol. The van der Waals surface area contributed by atoms with Crippen LogP contribution in [0.15, 0.2) is 0 Å².